The first-order valence-corrected chi connectivity index (χ1v) is 12.3. The van der Waals surface area contributed by atoms with Gasteiger partial charge < -0.3 is 5.32 Å². The molecule has 0 atom stereocenters. The molecule has 0 spiro atoms. The minimum absolute atomic E-state index is 0.276. The van der Waals surface area contributed by atoms with Crippen LogP contribution in [0.25, 0.3) is 11.3 Å². The predicted molar refractivity (Wildman–Crippen MR) is 121 cm³/mol. The molecule has 0 saturated heterocycles. The number of thiazole rings is 1. The number of benzene rings is 1. The van der Waals surface area contributed by atoms with Crippen LogP contribution in [0.1, 0.15) is 42.7 Å². The fourth-order valence-electron chi connectivity index (χ4n) is 2.88. The number of sulfonamides is 1. The highest BCUT2D eigenvalue weighted by molar-refractivity contribution is 7.93. The summed E-state index contributed by atoms with van der Waals surface area (Å²) in [6.07, 6.45) is 4.41. The maximum absolute atomic E-state index is 12.8. The largest absolute Gasteiger partial charge is 0.341 e. The summed E-state index contributed by atoms with van der Waals surface area (Å²) >= 11 is 7.08. The van der Waals surface area contributed by atoms with Crippen LogP contribution in [-0.4, -0.2) is 34.5 Å². The van der Waals surface area contributed by atoms with Gasteiger partial charge in [0.2, 0.25) is 10.0 Å². The van der Waals surface area contributed by atoms with E-state index in [-0.39, 0.29) is 11.2 Å². The molecular weight excluding hydrogens is 458 g/mol. The number of amides is 1. The molecule has 11 heteroatoms. The van der Waals surface area contributed by atoms with Crippen molar-refractivity contribution in [2.24, 2.45) is 0 Å². The van der Waals surface area contributed by atoms with Gasteiger partial charge in [0, 0.05) is 16.5 Å². The smallest absolute Gasteiger partial charge is 0.252 e. The van der Waals surface area contributed by atoms with Crippen LogP contribution in [0.4, 0.5) is 5.13 Å². The van der Waals surface area contributed by atoms with Gasteiger partial charge in [0.25, 0.3) is 5.91 Å². The molecule has 1 saturated carbocycles. The zero-order chi connectivity index (χ0) is 22.2. The molecular formula is C20H20ClN5O3S2. The van der Waals surface area contributed by atoms with Gasteiger partial charge in [0.05, 0.1) is 34.6 Å². The Hall–Kier alpha value is -2.56. The Balaban J connectivity index is 1.45. The standard InChI is InChI=1S/C20H20ClN5O3S2/c1-20(2,16-11-30-19(24-16)26-31(28,29)14-7-8-14)25-18(27)13-5-3-12(4-6-13)15-9-22-10-17(21)23-15/h3-6,9-11,14H,7-8H2,1-2H3,(H,24,26)(H,25,27). The third-order valence-corrected chi connectivity index (χ3v) is 7.71. The molecule has 162 valence electrons. The van der Waals surface area contributed by atoms with E-state index in [2.05, 4.69) is 25.0 Å². The number of rotatable bonds is 7. The van der Waals surface area contributed by atoms with E-state index in [1.165, 1.54) is 17.5 Å². The number of halogens is 1. The first kappa shape index (κ1) is 21.7. The van der Waals surface area contributed by atoms with Crippen LogP contribution in [0, 0.1) is 0 Å². The molecule has 0 radical (unpaired) electrons. The number of hydrogen-bond acceptors (Lipinski definition) is 7. The minimum atomic E-state index is -3.38. The quantitative estimate of drug-likeness (QED) is 0.534. The number of aromatic nitrogens is 3. The van der Waals surface area contributed by atoms with Crippen molar-refractivity contribution in [3.8, 4) is 11.3 Å². The Morgan fingerprint density at radius 2 is 1.87 bits per heavy atom. The first-order valence-electron chi connectivity index (χ1n) is 9.52. The summed E-state index contributed by atoms with van der Waals surface area (Å²) < 4.78 is 26.7. The molecule has 8 nitrogen and oxygen atoms in total. The molecule has 1 amide bonds. The normalized spacial score (nSPS) is 14.3. The van der Waals surface area contributed by atoms with Crippen molar-refractivity contribution in [2.45, 2.75) is 37.5 Å². The van der Waals surface area contributed by atoms with Gasteiger partial charge in [-0.1, -0.05) is 23.7 Å². The molecule has 2 aromatic heterocycles. The predicted octanol–water partition coefficient (Wildman–Crippen LogP) is 3.82. The summed E-state index contributed by atoms with van der Waals surface area (Å²) in [5, 5.41) is 4.96. The summed E-state index contributed by atoms with van der Waals surface area (Å²) in [6.45, 7) is 3.63. The van der Waals surface area contributed by atoms with Crippen molar-refractivity contribution in [2.75, 3.05) is 4.72 Å². The maximum atomic E-state index is 12.8. The van der Waals surface area contributed by atoms with Crippen molar-refractivity contribution in [1.29, 1.82) is 0 Å². The van der Waals surface area contributed by atoms with Crippen molar-refractivity contribution in [3.63, 3.8) is 0 Å². The van der Waals surface area contributed by atoms with Gasteiger partial charge in [0.1, 0.15) is 5.15 Å². The lowest BCUT2D eigenvalue weighted by atomic mass is 10.0. The van der Waals surface area contributed by atoms with Gasteiger partial charge >= 0.3 is 0 Å². The van der Waals surface area contributed by atoms with Crippen molar-refractivity contribution in [1.82, 2.24) is 20.3 Å². The third-order valence-electron chi connectivity index (χ3n) is 4.81. The molecule has 1 fully saturated rings. The summed E-state index contributed by atoms with van der Waals surface area (Å²) in [5.41, 5.74) is 1.65. The lowest BCUT2D eigenvalue weighted by Gasteiger charge is -2.24. The zero-order valence-electron chi connectivity index (χ0n) is 16.8. The van der Waals surface area contributed by atoms with Crippen molar-refractivity contribution >= 4 is 44.0 Å². The first-order chi connectivity index (χ1) is 14.6. The van der Waals surface area contributed by atoms with Crippen LogP contribution >= 0.6 is 22.9 Å². The van der Waals surface area contributed by atoms with Gasteiger partial charge in [-0.15, -0.1) is 11.3 Å². The van der Waals surface area contributed by atoms with Crippen LogP contribution in [-0.2, 0) is 15.6 Å². The van der Waals surface area contributed by atoms with E-state index in [0.717, 1.165) is 5.56 Å². The fourth-order valence-corrected chi connectivity index (χ4v) is 5.51. The van der Waals surface area contributed by atoms with E-state index < -0.39 is 15.6 Å². The Bertz CT molecular complexity index is 1220. The van der Waals surface area contributed by atoms with Gasteiger partial charge in [0.15, 0.2) is 5.13 Å². The molecule has 0 bridgehead atoms. The summed E-state index contributed by atoms with van der Waals surface area (Å²) in [6, 6.07) is 6.94. The SMILES string of the molecule is CC(C)(NC(=O)c1ccc(-c2cncc(Cl)n2)cc1)c1csc(NS(=O)(=O)C2CC2)n1. The number of anilines is 1. The average Bonchev–Trinajstić information content (AvgIpc) is 3.48. The topological polar surface area (TPSA) is 114 Å². The Labute approximate surface area is 189 Å². The van der Waals surface area contributed by atoms with E-state index in [0.29, 0.717) is 40.1 Å². The molecule has 0 unspecified atom stereocenters. The molecule has 31 heavy (non-hydrogen) atoms. The highest BCUT2D eigenvalue weighted by Gasteiger charge is 2.36. The van der Waals surface area contributed by atoms with E-state index in [4.69, 9.17) is 11.6 Å². The average molecular weight is 478 g/mol. The van der Waals surface area contributed by atoms with E-state index in [1.54, 1.807) is 35.8 Å². The van der Waals surface area contributed by atoms with E-state index in [1.807, 2.05) is 13.8 Å². The molecule has 1 aliphatic carbocycles. The number of carbonyl (C=O) groups excluding carboxylic acids is 1. The highest BCUT2D eigenvalue weighted by Crippen LogP contribution is 2.32. The minimum Gasteiger partial charge on any atom is -0.341 e. The van der Waals surface area contributed by atoms with Crippen LogP contribution in [0.3, 0.4) is 0 Å². The van der Waals surface area contributed by atoms with Gasteiger partial charge in [-0.25, -0.2) is 18.4 Å². The number of nitrogens with one attached hydrogen (secondary N) is 2. The number of hydrogen-bond donors (Lipinski definition) is 2. The Morgan fingerprint density at radius 1 is 1.16 bits per heavy atom. The van der Waals surface area contributed by atoms with E-state index in [9.17, 15) is 13.2 Å². The second kappa shape index (κ2) is 8.18. The zero-order valence-corrected chi connectivity index (χ0v) is 19.2. The maximum Gasteiger partial charge on any atom is 0.252 e. The summed E-state index contributed by atoms with van der Waals surface area (Å²) in [4.78, 5) is 25.4. The van der Waals surface area contributed by atoms with Crippen LogP contribution in [0.15, 0.2) is 42.0 Å². The lowest BCUT2D eigenvalue weighted by molar-refractivity contribution is 0.0910. The monoisotopic (exact) mass is 477 g/mol. The number of nitrogens with zero attached hydrogens (tertiary/aromatic N) is 3. The van der Waals surface area contributed by atoms with Crippen LogP contribution in [0.2, 0.25) is 5.15 Å². The summed E-state index contributed by atoms with van der Waals surface area (Å²) in [5.74, 6) is -0.276. The Kier molecular flexibility index (Phi) is 5.71. The molecule has 1 aliphatic rings. The Morgan fingerprint density at radius 3 is 2.52 bits per heavy atom. The highest BCUT2D eigenvalue weighted by atomic mass is 35.5. The molecule has 0 aliphatic heterocycles. The molecule has 3 aromatic rings. The third kappa shape index (κ3) is 5.03. The molecule has 1 aromatic carbocycles. The second-order valence-electron chi connectivity index (χ2n) is 7.77. The summed E-state index contributed by atoms with van der Waals surface area (Å²) in [7, 11) is -3.38. The van der Waals surface area contributed by atoms with Gasteiger partial charge in [-0.05, 0) is 38.8 Å². The van der Waals surface area contributed by atoms with Crippen LogP contribution in [0.5, 0.6) is 0 Å². The lowest BCUT2D eigenvalue weighted by Crippen LogP contribution is -2.41. The second-order valence-corrected chi connectivity index (χ2v) is 11.0. The van der Waals surface area contributed by atoms with Gasteiger partial charge in [-0.3, -0.25) is 14.5 Å². The molecule has 2 N–H and O–H groups in total. The molecule has 4 rings (SSSR count). The van der Waals surface area contributed by atoms with Gasteiger partial charge in [-0.2, -0.15) is 0 Å². The number of carbonyl (C=O) groups is 1. The molecule has 2 heterocycles. The van der Waals surface area contributed by atoms with Crippen molar-refractivity contribution < 1.29 is 13.2 Å². The van der Waals surface area contributed by atoms with Crippen LogP contribution < -0.4 is 10.0 Å². The van der Waals surface area contributed by atoms with Crippen molar-refractivity contribution in [3.05, 3.63) is 58.4 Å². The van der Waals surface area contributed by atoms with E-state index >= 15 is 0 Å². The fraction of sp³-hybridized carbons (Fsp3) is 0.300.